The molecule has 3 rings (SSSR count). The minimum atomic E-state index is 0.416. The van der Waals surface area contributed by atoms with E-state index >= 15 is 0 Å². The molecular formula is C32H53NO. The van der Waals surface area contributed by atoms with Crippen LogP contribution >= 0.6 is 0 Å². The largest absolute Gasteiger partial charge is 0.508 e. The van der Waals surface area contributed by atoms with Crippen molar-refractivity contribution in [3.05, 3.63) is 71.5 Å². The van der Waals surface area contributed by atoms with Crippen molar-refractivity contribution < 1.29 is 5.11 Å². The van der Waals surface area contributed by atoms with Gasteiger partial charge in [0.2, 0.25) is 0 Å². The Hall–Kier alpha value is -1.80. The van der Waals surface area contributed by atoms with E-state index in [1.807, 2.05) is 19.9 Å². The molecule has 192 valence electrons. The first-order valence-electron chi connectivity index (χ1n) is 13.8. The summed E-state index contributed by atoms with van der Waals surface area (Å²) in [5, 5.41) is 8.90. The second-order valence-corrected chi connectivity index (χ2v) is 10.5. The molecule has 2 aliphatic rings. The smallest absolute Gasteiger partial charge is 0.111 e. The molecule has 1 aromatic rings. The number of unbranched alkanes of at least 4 members (excludes halogenated alkanes) is 3. The lowest BCUT2D eigenvalue weighted by molar-refractivity contribution is 0.323. The van der Waals surface area contributed by atoms with E-state index in [-0.39, 0.29) is 0 Å². The molecule has 0 saturated carbocycles. The zero-order chi connectivity index (χ0) is 25.2. The third kappa shape index (κ3) is 15.2. The second-order valence-electron chi connectivity index (χ2n) is 10.5. The van der Waals surface area contributed by atoms with Crippen LogP contribution in [-0.2, 0) is 12.8 Å². The van der Waals surface area contributed by atoms with Crippen molar-refractivity contribution in [3.8, 4) is 0 Å². The highest BCUT2D eigenvalue weighted by Gasteiger charge is 2.17. The molecule has 2 atom stereocenters. The third-order valence-corrected chi connectivity index (χ3v) is 6.48. The summed E-state index contributed by atoms with van der Waals surface area (Å²) in [6, 6.07) is 9.39. The van der Waals surface area contributed by atoms with Crippen LogP contribution in [0.1, 0.15) is 97.1 Å². The summed E-state index contributed by atoms with van der Waals surface area (Å²) >= 11 is 0. The number of aryl methyl sites for hydroxylation is 2. The minimum absolute atomic E-state index is 0.416. The van der Waals surface area contributed by atoms with Crippen molar-refractivity contribution in [1.29, 1.82) is 0 Å². The lowest BCUT2D eigenvalue weighted by atomic mass is 9.98. The Morgan fingerprint density at radius 3 is 2.09 bits per heavy atom. The maximum absolute atomic E-state index is 8.90. The summed E-state index contributed by atoms with van der Waals surface area (Å²) in [6.45, 7) is 18.2. The Bertz CT molecular complexity index is 711. The highest BCUT2D eigenvalue weighted by Crippen LogP contribution is 2.17. The molecule has 2 heteroatoms. The van der Waals surface area contributed by atoms with E-state index in [1.165, 1.54) is 94.1 Å². The van der Waals surface area contributed by atoms with Gasteiger partial charge in [-0.05, 0) is 107 Å². The summed E-state index contributed by atoms with van der Waals surface area (Å²) in [6.07, 6.45) is 18.5. The van der Waals surface area contributed by atoms with Gasteiger partial charge in [-0.25, -0.2) is 0 Å². The summed E-state index contributed by atoms with van der Waals surface area (Å²) in [5.74, 6) is 1.98. The Morgan fingerprint density at radius 2 is 1.62 bits per heavy atom. The zero-order valence-corrected chi connectivity index (χ0v) is 23.0. The molecule has 0 bridgehead atoms. The fraction of sp³-hybridized carbons (Fsp3) is 0.625. The van der Waals surface area contributed by atoms with Gasteiger partial charge in [0, 0.05) is 6.54 Å². The predicted octanol–water partition coefficient (Wildman–Crippen LogP) is 9.08. The number of allylic oxidation sites excluding steroid dienone is 4. The van der Waals surface area contributed by atoms with Crippen LogP contribution in [0.2, 0.25) is 0 Å². The summed E-state index contributed by atoms with van der Waals surface area (Å²) in [5.41, 5.74) is 4.20. The van der Waals surface area contributed by atoms with Crippen LogP contribution in [0.25, 0.3) is 0 Å². The van der Waals surface area contributed by atoms with Gasteiger partial charge < -0.3 is 10.0 Å². The van der Waals surface area contributed by atoms with Gasteiger partial charge in [0.25, 0.3) is 0 Å². The molecule has 1 heterocycles. The van der Waals surface area contributed by atoms with E-state index in [0.717, 1.165) is 12.3 Å². The van der Waals surface area contributed by atoms with Crippen LogP contribution in [0.3, 0.4) is 0 Å². The number of hydrogen-bond donors (Lipinski definition) is 1. The van der Waals surface area contributed by atoms with Gasteiger partial charge in [0.05, 0.1) is 0 Å². The van der Waals surface area contributed by atoms with Gasteiger partial charge in [0.1, 0.15) is 5.76 Å². The predicted molar refractivity (Wildman–Crippen MR) is 152 cm³/mol. The maximum Gasteiger partial charge on any atom is 0.111 e. The van der Waals surface area contributed by atoms with Gasteiger partial charge in [0.15, 0.2) is 0 Å². The van der Waals surface area contributed by atoms with Gasteiger partial charge in [-0.2, -0.15) is 0 Å². The molecule has 1 saturated heterocycles. The molecule has 0 radical (unpaired) electrons. The first-order chi connectivity index (χ1) is 16.3. The highest BCUT2D eigenvalue weighted by molar-refractivity contribution is 5.22. The molecule has 2 nitrogen and oxygen atoms in total. The topological polar surface area (TPSA) is 23.5 Å². The summed E-state index contributed by atoms with van der Waals surface area (Å²) < 4.78 is 0. The number of hydrogen-bond acceptors (Lipinski definition) is 2. The zero-order valence-electron chi connectivity index (χ0n) is 23.0. The van der Waals surface area contributed by atoms with Crippen molar-refractivity contribution in [2.24, 2.45) is 11.8 Å². The minimum Gasteiger partial charge on any atom is -0.508 e. The number of likely N-dealkylation sites (tertiary alicyclic amines) is 1. The van der Waals surface area contributed by atoms with E-state index in [9.17, 15) is 0 Å². The van der Waals surface area contributed by atoms with E-state index in [4.69, 9.17) is 5.11 Å². The summed E-state index contributed by atoms with van der Waals surface area (Å²) in [7, 11) is 0. The highest BCUT2D eigenvalue weighted by atomic mass is 16.3. The number of nitrogens with zero attached hydrogens (tertiary/aromatic N) is 1. The Labute approximate surface area is 211 Å². The fourth-order valence-electron chi connectivity index (χ4n) is 4.32. The monoisotopic (exact) mass is 467 g/mol. The number of benzene rings is 1. The Balaban J connectivity index is 0.000000366. The van der Waals surface area contributed by atoms with Crippen LogP contribution in [0.15, 0.2) is 60.4 Å². The van der Waals surface area contributed by atoms with Crippen molar-refractivity contribution in [2.75, 3.05) is 19.6 Å². The molecule has 1 N–H and O–H groups in total. The average Bonchev–Trinajstić information content (AvgIpc) is 3.23. The van der Waals surface area contributed by atoms with E-state index in [2.05, 4.69) is 62.6 Å². The molecule has 0 aromatic heterocycles. The van der Waals surface area contributed by atoms with Crippen LogP contribution < -0.4 is 0 Å². The van der Waals surface area contributed by atoms with Crippen LogP contribution in [0.4, 0.5) is 0 Å². The second kappa shape index (κ2) is 18.5. The molecule has 2 unspecified atom stereocenters. The number of rotatable bonds is 10. The maximum atomic E-state index is 8.90. The first-order valence-corrected chi connectivity index (χ1v) is 13.8. The van der Waals surface area contributed by atoms with Crippen molar-refractivity contribution in [2.45, 2.75) is 98.8 Å². The Kier molecular flexibility index (Phi) is 16.5. The molecular weight excluding hydrogens is 414 g/mol. The molecule has 1 aliphatic heterocycles. The lowest BCUT2D eigenvalue weighted by Gasteiger charge is -2.14. The van der Waals surface area contributed by atoms with Gasteiger partial charge >= 0.3 is 0 Å². The molecule has 0 amide bonds. The number of aliphatic hydroxyl groups is 1. The molecule has 1 aromatic carbocycles. The van der Waals surface area contributed by atoms with Gasteiger partial charge in [-0.1, -0.05) is 75.9 Å². The number of aliphatic hydroxyl groups excluding tert-OH is 1. The molecule has 0 spiro atoms. The van der Waals surface area contributed by atoms with Crippen LogP contribution in [-0.4, -0.2) is 29.6 Å². The van der Waals surface area contributed by atoms with Gasteiger partial charge in [-0.3, -0.25) is 0 Å². The lowest BCUT2D eigenvalue weighted by Crippen LogP contribution is -2.21. The van der Waals surface area contributed by atoms with Gasteiger partial charge in [-0.15, -0.1) is 6.58 Å². The van der Waals surface area contributed by atoms with E-state index in [1.54, 1.807) is 6.08 Å². The fourth-order valence-corrected chi connectivity index (χ4v) is 4.32. The molecule has 34 heavy (non-hydrogen) atoms. The van der Waals surface area contributed by atoms with Crippen LogP contribution in [0.5, 0.6) is 0 Å². The standard InChI is InChI=1S/C20H33N.C8H12O.C4H8/c1-3-4-5-6-8-19-10-12-20(13-11-19)9-7-15-21-16-14-18(2)17-21;1-2-7-3-5-8(9)6-4-7;1-4(2)3/h10-13,18H,3-9,14-17H2,1-2H3;3,5-7,9H,2,4H2,1H3;1H2,2-3H3. The van der Waals surface area contributed by atoms with Crippen LogP contribution in [0, 0.1) is 11.8 Å². The first kappa shape index (κ1) is 30.2. The average molecular weight is 468 g/mol. The van der Waals surface area contributed by atoms with Crippen molar-refractivity contribution >= 4 is 0 Å². The molecule has 1 fully saturated rings. The third-order valence-electron chi connectivity index (χ3n) is 6.48. The molecule has 1 aliphatic carbocycles. The summed E-state index contributed by atoms with van der Waals surface area (Å²) in [4.78, 5) is 2.63. The quantitative estimate of drug-likeness (QED) is 0.274. The Morgan fingerprint density at radius 1 is 1.00 bits per heavy atom. The van der Waals surface area contributed by atoms with Crippen molar-refractivity contribution in [3.63, 3.8) is 0 Å². The normalized spacial score (nSPS) is 19.5. The van der Waals surface area contributed by atoms with Crippen molar-refractivity contribution in [1.82, 2.24) is 4.90 Å². The van der Waals surface area contributed by atoms with E-state index < -0.39 is 0 Å². The van der Waals surface area contributed by atoms with E-state index in [0.29, 0.717) is 11.7 Å². The SMILES string of the molecule is C=C(C)C.CCC1C=CC(O)=CC1.CCCCCCc1ccc(CCCN2CCC(C)C2)cc1.